The lowest BCUT2D eigenvalue weighted by molar-refractivity contribution is -0.603. The number of rotatable bonds is 2. The predicted octanol–water partition coefficient (Wildman–Crippen LogP) is 6.63. The van der Waals surface area contributed by atoms with Gasteiger partial charge in [0.15, 0.2) is 11.9 Å². The molecule has 2 heteroatoms. The first-order valence-electron chi connectivity index (χ1n) is 11.5. The van der Waals surface area contributed by atoms with Gasteiger partial charge in [0.25, 0.3) is 0 Å². The lowest BCUT2D eigenvalue weighted by atomic mass is 9.67. The molecule has 1 aliphatic heterocycles. The van der Waals surface area contributed by atoms with Crippen LogP contribution < -0.4 is 9.47 Å². The molecule has 1 spiro atoms. The van der Waals surface area contributed by atoms with Crippen molar-refractivity contribution in [3.05, 3.63) is 83.2 Å². The van der Waals surface area contributed by atoms with Crippen LogP contribution in [0.25, 0.3) is 5.69 Å². The fraction of sp³-hybridized carbons (Fsp3) is 0.393. The molecule has 2 nitrogen and oxygen atoms in total. The number of anilines is 2. The van der Waals surface area contributed by atoms with Crippen LogP contribution in [0.5, 0.6) is 0 Å². The Hall–Kier alpha value is -2.61. The summed E-state index contributed by atoms with van der Waals surface area (Å²) >= 11 is 0. The van der Waals surface area contributed by atoms with Crippen molar-refractivity contribution in [2.24, 2.45) is 0 Å². The SMILES string of the molecule is Cc1cc(N2c3ccccc3C3(CCCCC3)[C@H]2C)c(C)c(-[n+]2ccccc2C)c1. The standard InChI is InChI=1S/C28H33N2/c1-20-18-26(29-17-11-8-12-21(29)2)22(3)27(19-20)30-23(4)28(15-9-5-10-16-28)24-13-6-7-14-25(24)30/h6-8,11-14,17-19,23H,5,9-10,15-16H2,1-4H3/q+1/t23-/m1/s1. The van der Waals surface area contributed by atoms with E-state index in [4.69, 9.17) is 0 Å². The third-order valence-corrected chi connectivity index (χ3v) is 7.71. The summed E-state index contributed by atoms with van der Waals surface area (Å²) < 4.78 is 2.33. The van der Waals surface area contributed by atoms with Gasteiger partial charge in [0.2, 0.25) is 5.69 Å². The minimum Gasteiger partial charge on any atom is -0.337 e. The summed E-state index contributed by atoms with van der Waals surface area (Å²) in [6.45, 7) is 9.18. The second kappa shape index (κ2) is 7.27. The molecule has 30 heavy (non-hydrogen) atoms. The van der Waals surface area contributed by atoms with E-state index in [2.05, 4.69) is 98.0 Å². The number of aromatic nitrogens is 1. The number of fused-ring (bicyclic) bond motifs is 2. The van der Waals surface area contributed by atoms with Crippen LogP contribution in [-0.2, 0) is 5.41 Å². The van der Waals surface area contributed by atoms with Crippen molar-refractivity contribution in [2.45, 2.75) is 71.3 Å². The van der Waals surface area contributed by atoms with Crippen LogP contribution in [0.1, 0.15) is 61.4 Å². The van der Waals surface area contributed by atoms with E-state index in [9.17, 15) is 0 Å². The van der Waals surface area contributed by atoms with Gasteiger partial charge in [-0.1, -0.05) is 43.5 Å². The van der Waals surface area contributed by atoms with Gasteiger partial charge < -0.3 is 4.90 Å². The Balaban J connectivity index is 1.71. The molecule has 2 aliphatic rings. The van der Waals surface area contributed by atoms with Crippen molar-refractivity contribution in [3.63, 3.8) is 0 Å². The monoisotopic (exact) mass is 397 g/mol. The van der Waals surface area contributed by atoms with Gasteiger partial charge in [-0.15, -0.1) is 0 Å². The number of aryl methyl sites for hydroxylation is 2. The minimum atomic E-state index is 0.293. The number of hydrogen-bond donors (Lipinski definition) is 0. The Labute approximate surface area is 181 Å². The third kappa shape index (κ3) is 2.80. The molecule has 1 fully saturated rings. The molecule has 1 aromatic heterocycles. The molecule has 1 atom stereocenters. The van der Waals surface area contributed by atoms with Gasteiger partial charge in [-0.25, -0.2) is 0 Å². The van der Waals surface area contributed by atoms with E-state index in [0.717, 1.165) is 0 Å². The first-order valence-corrected chi connectivity index (χ1v) is 11.5. The van der Waals surface area contributed by atoms with E-state index in [1.807, 2.05) is 0 Å². The summed E-state index contributed by atoms with van der Waals surface area (Å²) in [7, 11) is 0. The van der Waals surface area contributed by atoms with Crippen LogP contribution in [0.15, 0.2) is 60.8 Å². The second-order valence-electron chi connectivity index (χ2n) is 9.42. The summed E-state index contributed by atoms with van der Waals surface area (Å²) in [6, 6.07) is 20.8. The van der Waals surface area contributed by atoms with Crippen LogP contribution >= 0.6 is 0 Å². The minimum absolute atomic E-state index is 0.293. The molecule has 0 unspecified atom stereocenters. The van der Waals surface area contributed by atoms with Crippen LogP contribution in [0, 0.1) is 20.8 Å². The molecule has 1 aliphatic carbocycles. The van der Waals surface area contributed by atoms with Crippen LogP contribution in [0.3, 0.4) is 0 Å². The summed E-state index contributed by atoms with van der Waals surface area (Å²) in [6.07, 6.45) is 8.89. The molecule has 2 aromatic carbocycles. The molecule has 0 saturated heterocycles. The molecule has 0 bridgehead atoms. The summed E-state index contributed by atoms with van der Waals surface area (Å²) in [5.41, 5.74) is 9.87. The molecule has 3 aromatic rings. The van der Waals surface area contributed by atoms with Crippen molar-refractivity contribution in [2.75, 3.05) is 4.90 Å². The molecule has 0 radical (unpaired) electrons. The Morgan fingerprint density at radius 3 is 2.37 bits per heavy atom. The zero-order valence-corrected chi connectivity index (χ0v) is 18.8. The number of para-hydroxylation sites is 1. The van der Waals surface area contributed by atoms with Crippen molar-refractivity contribution >= 4 is 11.4 Å². The van der Waals surface area contributed by atoms with Gasteiger partial charge in [0.1, 0.15) is 0 Å². The van der Waals surface area contributed by atoms with Crippen molar-refractivity contribution in [1.29, 1.82) is 0 Å². The second-order valence-corrected chi connectivity index (χ2v) is 9.42. The van der Waals surface area contributed by atoms with Crippen molar-refractivity contribution < 1.29 is 4.57 Å². The zero-order chi connectivity index (χ0) is 20.9. The average Bonchev–Trinajstić information content (AvgIpc) is 2.99. The highest BCUT2D eigenvalue weighted by atomic mass is 15.2. The average molecular weight is 398 g/mol. The summed E-state index contributed by atoms with van der Waals surface area (Å²) in [5.74, 6) is 0. The Kier molecular flexibility index (Phi) is 4.69. The maximum atomic E-state index is 2.66. The largest absolute Gasteiger partial charge is 0.337 e. The topological polar surface area (TPSA) is 7.12 Å². The fourth-order valence-corrected chi connectivity index (χ4v) is 6.11. The lowest BCUT2D eigenvalue weighted by Gasteiger charge is -2.40. The smallest absolute Gasteiger partial charge is 0.216 e. The Morgan fingerprint density at radius 1 is 0.867 bits per heavy atom. The molecule has 0 N–H and O–H groups in total. The van der Waals surface area contributed by atoms with Crippen LogP contribution in [0.4, 0.5) is 11.4 Å². The van der Waals surface area contributed by atoms with Crippen molar-refractivity contribution in [1.82, 2.24) is 0 Å². The highest BCUT2D eigenvalue weighted by Crippen LogP contribution is 2.55. The number of pyridine rings is 1. The van der Waals surface area contributed by atoms with E-state index in [1.54, 1.807) is 5.56 Å². The van der Waals surface area contributed by atoms with Crippen LogP contribution in [-0.4, -0.2) is 6.04 Å². The first-order chi connectivity index (χ1) is 14.5. The summed E-state index contributed by atoms with van der Waals surface area (Å²) in [5, 5.41) is 0. The molecular formula is C28H33N2+. The lowest BCUT2D eigenvalue weighted by Crippen LogP contribution is -2.42. The molecular weight excluding hydrogens is 364 g/mol. The Morgan fingerprint density at radius 2 is 1.60 bits per heavy atom. The van der Waals surface area contributed by atoms with E-state index >= 15 is 0 Å². The normalized spacial score (nSPS) is 19.9. The number of benzene rings is 2. The van der Waals surface area contributed by atoms with E-state index in [1.165, 1.54) is 66.0 Å². The highest BCUT2D eigenvalue weighted by molar-refractivity contribution is 5.77. The molecule has 0 amide bonds. The maximum absolute atomic E-state index is 2.66. The third-order valence-electron chi connectivity index (χ3n) is 7.71. The van der Waals surface area contributed by atoms with Crippen molar-refractivity contribution in [3.8, 4) is 5.69 Å². The first kappa shape index (κ1) is 19.4. The summed E-state index contributed by atoms with van der Waals surface area (Å²) in [4.78, 5) is 2.66. The highest BCUT2D eigenvalue weighted by Gasteiger charge is 2.49. The fourth-order valence-electron chi connectivity index (χ4n) is 6.11. The van der Waals surface area contributed by atoms with E-state index in [0.29, 0.717) is 11.5 Å². The van der Waals surface area contributed by atoms with Gasteiger partial charge in [-0.2, -0.15) is 4.57 Å². The molecule has 1 saturated carbocycles. The van der Waals surface area contributed by atoms with Gasteiger partial charge in [0.05, 0.1) is 5.69 Å². The van der Waals surface area contributed by atoms with Crippen LogP contribution in [0.2, 0.25) is 0 Å². The molecule has 2 heterocycles. The van der Waals surface area contributed by atoms with Gasteiger partial charge >= 0.3 is 0 Å². The zero-order valence-electron chi connectivity index (χ0n) is 18.8. The predicted molar refractivity (Wildman–Crippen MR) is 125 cm³/mol. The van der Waals surface area contributed by atoms with E-state index < -0.39 is 0 Å². The molecule has 154 valence electrons. The van der Waals surface area contributed by atoms with Gasteiger partial charge in [0, 0.05) is 47.8 Å². The number of hydrogen-bond acceptors (Lipinski definition) is 1. The number of nitrogens with zero attached hydrogens (tertiary/aromatic N) is 2. The Bertz CT molecular complexity index is 1090. The molecule has 5 rings (SSSR count). The van der Waals surface area contributed by atoms with E-state index in [-0.39, 0.29) is 0 Å². The van der Waals surface area contributed by atoms with Gasteiger partial charge in [-0.3, -0.25) is 0 Å². The van der Waals surface area contributed by atoms with Gasteiger partial charge in [-0.05, 0) is 56.9 Å². The maximum Gasteiger partial charge on any atom is 0.216 e. The quantitative estimate of drug-likeness (QED) is 0.440.